The molecule has 0 saturated carbocycles. The van der Waals surface area contributed by atoms with E-state index in [9.17, 15) is 61.8 Å². The summed E-state index contributed by atoms with van der Waals surface area (Å²) in [6.07, 6.45) is -3.26. The van der Waals surface area contributed by atoms with Crippen LogP contribution >= 0.6 is 0 Å². The number of rotatable bonds is 20. The lowest BCUT2D eigenvalue weighted by Gasteiger charge is -2.35. The third-order valence-corrected chi connectivity index (χ3v) is 15.0. The summed E-state index contributed by atoms with van der Waals surface area (Å²) in [5, 5.41) is 22.7. The van der Waals surface area contributed by atoms with E-state index in [4.69, 9.17) is 18.9 Å². The van der Waals surface area contributed by atoms with E-state index in [-0.39, 0.29) is 77.6 Å². The van der Waals surface area contributed by atoms with Gasteiger partial charge in [-0.1, -0.05) is 118 Å². The van der Waals surface area contributed by atoms with Gasteiger partial charge < -0.3 is 50.2 Å². The van der Waals surface area contributed by atoms with E-state index in [1.807, 2.05) is 6.07 Å². The second-order valence-electron chi connectivity index (χ2n) is 22.8. The maximum atomic E-state index is 15.3. The minimum Gasteiger partial charge on any atom is -0.478 e. The maximum Gasteiger partial charge on any atom is 0.347 e. The van der Waals surface area contributed by atoms with Crippen LogP contribution in [-0.2, 0) is 60.7 Å². The number of alkyl halides is 4. The quantitative estimate of drug-likeness (QED) is 0.0273. The van der Waals surface area contributed by atoms with E-state index in [2.05, 4.69) is 26.6 Å². The number of nitrogens with one attached hydrogen (secondary N) is 5. The molecule has 0 bridgehead atoms. The minimum atomic E-state index is -3.46. The Morgan fingerprint density at radius 1 is 0.570 bits per heavy atom. The minimum absolute atomic E-state index is 0. The van der Waals surface area contributed by atoms with Crippen molar-refractivity contribution in [2.45, 2.75) is 188 Å². The van der Waals surface area contributed by atoms with Gasteiger partial charge in [0.05, 0.1) is 42.0 Å². The Hall–Kier alpha value is -8.74. The molecule has 2 aliphatic rings. The molecule has 2 saturated heterocycles. The molecule has 516 valence electrons. The average molecular weight is 1310 g/mol. The number of hydrogen-bond acceptors (Lipinski definition) is 15. The smallest absolute Gasteiger partial charge is 0.347 e. The highest BCUT2D eigenvalue weighted by atomic mass is 19.3. The summed E-state index contributed by atoms with van der Waals surface area (Å²) < 4.78 is 78.2. The molecule has 0 aromatic heterocycles. The van der Waals surface area contributed by atoms with E-state index >= 15 is 8.78 Å². The van der Waals surface area contributed by atoms with Gasteiger partial charge in [-0.2, -0.15) is 0 Å². The summed E-state index contributed by atoms with van der Waals surface area (Å²) in [7, 11) is 0. The Morgan fingerprint density at radius 3 is 1.31 bits per heavy atom. The second-order valence-corrected chi connectivity index (χ2v) is 22.8. The highest BCUT2D eigenvalue weighted by Crippen LogP contribution is 2.48. The Kier molecular flexibility index (Phi) is 32.5. The van der Waals surface area contributed by atoms with Gasteiger partial charge in [0, 0.05) is 63.0 Å². The number of aliphatic carboxylic acids is 1. The summed E-state index contributed by atoms with van der Waals surface area (Å²) in [6, 6.07) is 19.4. The van der Waals surface area contributed by atoms with Gasteiger partial charge in [-0.3, -0.25) is 48.5 Å². The normalized spacial score (nSPS) is 17.0. The van der Waals surface area contributed by atoms with Crippen LogP contribution in [0.25, 0.3) is 0 Å². The lowest BCUT2D eigenvalue weighted by molar-refractivity contribution is -0.164. The molecule has 93 heavy (non-hydrogen) atoms. The van der Waals surface area contributed by atoms with Crippen molar-refractivity contribution in [3.8, 4) is 11.5 Å². The Labute approximate surface area is 544 Å². The van der Waals surface area contributed by atoms with Crippen LogP contribution in [0, 0.1) is 38.5 Å². The van der Waals surface area contributed by atoms with Crippen LogP contribution in [0.15, 0.2) is 84.9 Å². The third-order valence-electron chi connectivity index (χ3n) is 15.0. The van der Waals surface area contributed by atoms with E-state index in [0.717, 1.165) is 24.3 Å². The molecule has 21 nitrogen and oxygen atoms in total. The highest BCUT2D eigenvalue weighted by molar-refractivity contribution is 5.99. The zero-order valence-corrected chi connectivity index (χ0v) is 52.4. The van der Waals surface area contributed by atoms with Crippen LogP contribution in [0.3, 0.4) is 0 Å². The van der Waals surface area contributed by atoms with Crippen molar-refractivity contribution in [2.24, 2.45) is 10.8 Å². The number of nitrogens with zero attached hydrogens (tertiary/aromatic N) is 1. The van der Waals surface area contributed by atoms with Gasteiger partial charge in [0.15, 0.2) is 0 Å². The molecule has 2 heterocycles. The first kappa shape index (κ1) is 84.3. The summed E-state index contributed by atoms with van der Waals surface area (Å²) in [5.41, 5.74) is 0.536. The van der Waals surface area contributed by atoms with Gasteiger partial charge in [0.2, 0.25) is 24.0 Å². The predicted molar refractivity (Wildman–Crippen MR) is 345 cm³/mol. The number of aryl methyl sites for hydroxylation is 2. The van der Waals surface area contributed by atoms with Gasteiger partial charge >= 0.3 is 29.8 Å². The molecule has 4 aromatic carbocycles. The van der Waals surface area contributed by atoms with Gasteiger partial charge in [0.25, 0.3) is 29.6 Å². The molecule has 2 aliphatic heterocycles. The van der Waals surface area contributed by atoms with E-state index in [1.165, 1.54) is 41.5 Å². The molecule has 4 aromatic rings. The van der Waals surface area contributed by atoms with E-state index < -0.39 is 126 Å². The number of amides is 5. The molecule has 6 rings (SSSR count). The number of carboxylic acid groups (broad SMARTS) is 1. The fourth-order valence-electron chi connectivity index (χ4n) is 10.1. The number of esters is 4. The zero-order valence-electron chi connectivity index (χ0n) is 52.4. The average Bonchev–Trinajstić information content (AvgIpc) is 1.60. The van der Waals surface area contributed by atoms with Crippen molar-refractivity contribution in [3.05, 3.63) is 129 Å². The molecule has 2 fully saturated rings. The molecule has 0 radical (unpaired) electrons. The van der Waals surface area contributed by atoms with Crippen LogP contribution in [0.2, 0.25) is 0 Å². The van der Waals surface area contributed by atoms with Crippen molar-refractivity contribution in [1.82, 2.24) is 31.5 Å². The van der Waals surface area contributed by atoms with Gasteiger partial charge in [0.1, 0.15) is 17.5 Å². The van der Waals surface area contributed by atoms with Gasteiger partial charge in [-0.15, -0.1) is 0 Å². The fraction of sp³-hybridized carbons (Fsp3) is 0.500. The van der Waals surface area contributed by atoms with Crippen molar-refractivity contribution in [3.63, 3.8) is 0 Å². The number of halogens is 4. The number of carbonyl (C=O) groups is 10. The SMILES string of the molecule is C.C.C.C.CC(=O)Oc1cc(C)cc(C(=O)N[C@@H](Cc2ccccc2)[C@H](OC(C)=O)C(=O)O)c1C.CCNC(=O)C1N(C(=O)[C@@H](OC(C)=O)[C@H](Cc2ccccc2)NC(=O)c2cc(C)cc(OC(C)=O)c2C)CC(F)(F)C1(C)C.CCNC(=O)C1NCC(F)(F)C1(C)C. The molecule has 0 aliphatic carbocycles. The van der Waals surface area contributed by atoms with Crippen molar-refractivity contribution in [2.75, 3.05) is 26.2 Å². The first-order valence-corrected chi connectivity index (χ1v) is 28.6. The monoisotopic (exact) mass is 1310 g/mol. The Morgan fingerprint density at radius 2 is 0.957 bits per heavy atom. The molecule has 5 amide bonds. The molecule has 25 heteroatoms. The fourth-order valence-corrected chi connectivity index (χ4v) is 10.1. The largest absolute Gasteiger partial charge is 0.478 e. The number of likely N-dealkylation sites (N-methyl/N-ethyl adjacent to an activating group) is 2. The van der Waals surface area contributed by atoms with Crippen LogP contribution in [-0.4, -0.2) is 144 Å². The first-order chi connectivity index (χ1) is 41.4. The Balaban J connectivity index is 0.00000150. The number of benzene rings is 4. The zero-order chi connectivity index (χ0) is 67.1. The Bertz CT molecular complexity index is 3250. The van der Waals surface area contributed by atoms with Crippen molar-refractivity contribution < 1.29 is 89.6 Å². The molecule has 0 spiro atoms. The number of likely N-dealkylation sites (tertiary alicyclic amines) is 1. The molecule has 2 unspecified atom stereocenters. The lowest BCUT2D eigenvalue weighted by atomic mass is 9.81. The van der Waals surface area contributed by atoms with Gasteiger partial charge in [-0.05, 0) is 101 Å². The standard InChI is InChI=1S/C32H39F2N3O7.C23H25NO7.C9H16F2N2O.4CH4/c1-8-35-29(41)27-31(6,7)32(33,34)17-37(27)30(42)26(44-21(5)39)24(16-22-12-10-9-11-13-22)36-28(40)23-14-18(2)15-25(19(23)3)43-20(4)38;1-13-10-18(14(2)20(11-13)30-15(3)25)22(27)24-19(12-17-8-6-5-7-9-17)21(23(28)29)31-16(4)26;1-4-12-7(14)6-8(2,3)9(10,11)5-13-6;;;;/h9-15,24,26-27H,8,16-17H2,1-7H3,(H,35,41)(H,36,40);5-11,19,21H,12H2,1-4H3,(H,24,27)(H,28,29);6,13H,4-5H2,1-3H3,(H,12,14);4*1H4/t24-,26-,27?;19-,21-;;;;;/m00...../s1. The third kappa shape index (κ3) is 22.0. The topological polar surface area (TPSA) is 291 Å². The van der Waals surface area contributed by atoms with Crippen LogP contribution in [0.5, 0.6) is 11.5 Å². The molecular formula is C68H96F4N6O15. The van der Waals surface area contributed by atoms with Gasteiger partial charge in [-0.25, -0.2) is 22.4 Å². The number of carboxylic acids is 1. The summed E-state index contributed by atoms with van der Waals surface area (Å²) >= 11 is 0. The second kappa shape index (κ2) is 35.9. The highest BCUT2D eigenvalue weighted by Gasteiger charge is 2.65. The summed E-state index contributed by atoms with van der Waals surface area (Å²) in [6.45, 7) is 19.0. The molecule has 6 atom stereocenters. The number of carbonyl (C=O) groups excluding carboxylic acids is 9. The summed E-state index contributed by atoms with van der Waals surface area (Å²) in [5.74, 6) is -13.5. The van der Waals surface area contributed by atoms with Crippen molar-refractivity contribution in [1.29, 1.82) is 0 Å². The first-order valence-electron chi connectivity index (χ1n) is 28.6. The van der Waals surface area contributed by atoms with Crippen LogP contribution in [0.1, 0.15) is 153 Å². The predicted octanol–water partition coefficient (Wildman–Crippen LogP) is 9.40. The van der Waals surface area contributed by atoms with E-state index in [1.54, 1.807) is 120 Å². The van der Waals surface area contributed by atoms with E-state index in [0.29, 0.717) is 34.4 Å². The lowest BCUT2D eigenvalue weighted by Crippen LogP contribution is -2.58. The molecular weight excluding hydrogens is 1220 g/mol. The number of ether oxygens (including phenoxy) is 4. The maximum absolute atomic E-state index is 15.3. The molecule has 6 N–H and O–H groups in total. The number of hydrogen-bond donors (Lipinski definition) is 6. The van der Waals surface area contributed by atoms with Crippen molar-refractivity contribution >= 4 is 59.4 Å². The summed E-state index contributed by atoms with van der Waals surface area (Å²) in [4.78, 5) is 125. The van der Waals surface area contributed by atoms with Crippen LogP contribution < -0.4 is 36.1 Å². The van der Waals surface area contributed by atoms with Crippen LogP contribution in [0.4, 0.5) is 17.6 Å².